The Kier molecular flexibility index (Phi) is 4.64. The van der Waals surface area contributed by atoms with Crippen LogP contribution in [0.3, 0.4) is 0 Å². The molecule has 1 fully saturated rings. The lowest BCUT2D eigenvalue weighted by Crippen LogP contribution is -2.40. The molecule has 1 amide bonds. The van der Waals surface area contributed by atoms with E-state index in [9.17, 15) is 9.59 Å². The van der Waals surface area contributed by atoms with Crippen molar-refractivity contribution < 1.29 is 18.8 Å². The molecule has 0 radical (unpaired) electrons. The number of benzene rings is 1. The summed E-state index contributed by atoms with van der Waals surface area (Å²) in [6.45, 7) is 2.86. The van der Waals surface area contributed by atoms with E-state index in [1.54, 1.807) is 49.3 Å². The Morgan fingerprint density at radius 1 is 1.21 bits per heavy atom. The Morgan fingerprint density at radius 3 is 2.42 bits per heavy atom. The highest BCUT2D eigenvalue weighted by molar-refractivity contribution is 5.98. The second kappa shape index (κ2) is 6.86. The highest BCUT2D eigenvalue weighted by atomic mass is 16.5. The molecule has 0 N–H and O–H groups in total. The van der Waals surface area contributed by atoms with Crippen LogP contribution in [0.4, 0.5) is 0 Å². The first-order valence-electron chi connectivity index (χ1n) is 7.99. The molecule has 3 rings (SSSR count). The number of carbonyl (C=O) groups excluding carboxylic acids is 2. The van der Waals surface area contributed by atoms with Crippen molar-refractivity contribution >= 4 is 11.7 Å². The first kappa shape index (κ1) is 16.2. The van der Waals surface area contributed by atoms with Gasteiger partial charge < -0.3 is 14.2 Å². The number of carbonyl (C=O) groups is 2. The van der Waals surface area contributed by atoms with E-state index in [4.69, 9.17) is 9.26 Å². The maximum atomic E-state index is 12.6. The number of amides is 1. The number of likely N-dealkylation sites (tertiary alicyclic amines) is 1. The summed E-state index contributed by atoms with van der Waals surface area (Å²) >= 11 is 0. The van der Waals surface area contributed by atoms with Gasteiger partial charge in [-0.05, 0) is 44.0 Å². The molecule has 1 aromatic carbocycles. The molecule has 0 saturated carbocycles. The summed E-state index contributed by atoms with van der Waals surface area (Å²) in [5.41, 5.74) is 1.01. The number of ether oxygens (including phenoxy) is 1. The molecule has 126 valence electrons. The minimum atomic E-state index is -0.137. The molecule has 1 aromatic heterocycles. The van der Waals surface area contributed by atoms with Gasteiger partial charge in [-0.2, -0.15) is 0 Å². The average molecular weight is 328 g/mol. The van der Waals surface area contributed by atoms with Gasteiger partial charge in [-0.15, -0.1) is 0 Å². The van der Waals surface area contributed by atoms with Crippen molar-refractivity contribution in [2.24, 2.45) is 5.92 Å². The van der Waals surface area contributed by atoms with Crippen molar-refractivity contribution in [2.75, 3.05) is 20.2 Å². The molecule has 6 nitrogen and oxygen atoms in total. The van der Waals surface area contributed by atoms with Gasteiger partial charge in [-0.3, -0.25) is 9.59 Å². The molecule has 6 heteroatoms. The standard InChI is InChI=1S/C18H20N2O4/c1-12-11-16(19-24-12)18(22)20-9-7-14(8-10-20)17(21)13-3-5-15(23-2)6-4-13/h3-6,11,14H,7-10H2,1-2H3. The number of aryl methyl sites for hydroxylation is 1. The van der Waals surface area contributed by atoms with Crippen LogP contribution >= 0.6 is 0 Å². The maximum Gasteiger partial charge on any atom is 0.276 e. The molecule has 2 aromatic rings. The van der Waals surface area contributed by atoms with Crippen LogP contribution < -0.4 is 4.74 Å². The van der Waals surface area contributed by atoms with Crippen LogP contribution in [-0.2, 0) is 0 Å². The first-order chi connectivity index (χ1) is 11.6. The van der Waals surface area contributed by atoms with Crippen LogP contribution in [0.25, 0.3) is 0 Å². The van der Waals surface area contributed by atoms with Gasteiger partial charge in [0.15, 0.2) is 11.5 Å². The molecule has 0 spiro atoms. The van der Waals surface area contributed by atoms with Crippen molar-refractivity contribution in [3.63, 3.8) is 0 Å². The highest BCUT2D eigenvalue weighted by Gasteiger charge is 2.29. The van der Waals surface area contributed by atoms with Crippen LogP contribution in [0.5, 0.6) is 5.75 Å². The van der Waals surface area contributed by atoms with E-state index >= 15 is 0 Å². The number of hydrogen-bond acceptors (Lipinski definition) is 5. The van der Waals surface area contributed by atoms with Gasteiger partial charge in [0.2, 0.25) is 0 Å². The Balaban J connectivity index is 1.59. The molecule has 0 aliphatic carbocycles. The summed E-state index contributed by atoms with van der Waals surface area (Å²) in [7, 11) is 1.60. The lowest BCUT2D eigenvalue weighted by Gasteiger charge is -2.30. The molecular weight excluding hydrogens is 308 g/mol. The minimum absolute atomic E-state index is 0.0542. The van der Waals surface area contributed by atoms with Gasteiger partial charge in [0.1, 0.15) is 11.5 Å². The normalized spacial score (nSPS) is 15.3. The van der Waals surface area contributed by atoms with E-state index in [1.165, 1.54) is 0 Å². The monoisotopic (exact) mass is 328 g/mol. The molecule has 1 aliphatic rings. The topological polar surface area (TPSA) is 72.6 Å². The second-order valence-corrected chi connectivity index (χ2v) is 5.98. The van der Waals surface area contributed by atoms with Gasteiger partial charge in [0.05, 0.1) is 7.11 Å². The lowest BCUT2D eigenvalue weighted by molar-refractivity contribution is 0.0642. The van der Waals surface area contributed by atoms with Crippen LogP contribution in [0.2, 0.25) is 0 Å². The number of methoxy groups -OCH3 is 1. The summed E-state index contributed by atoms with van der Waals surface area (Å²) in [4.78, 5) is 26.6. The van der Waals surface area contributed by atoms with E-state index in [2.05, 4.69) is 5.16 Å². The molecule has 1 aliphatic heterocycles. The number of Topliss-reactive ketones (excluding diaryl/α,β-unsaturated/α-hetero) is 1. The van der Waals surface area contributed by atoms with Crippen molar-refractivity contribution in [1.82, 2.24) is 10.1 Å². The summed E-state index contributed by atoms with van der Waals surface area (Å²) in [5, 5.41) is 3.76. The number of ketones is 1. The second-order valence-electron chi connectivity index (χ2n) is 5.98. The zero-order valence-electron chi connectivity index (χ0n) is 13.8. The van der Waals surface area contributed by atoms with Crippen molar-refractivity contribution in [2.45, 2.75) is 19.8 Å². The first-order valence-corrected chi connectivity index (χ1v) is 7.99. The van der Waals surface area contributed by atoms with Crippen molar-refractivity contribution in [3.8, 4) is 5.75 Å². The molecule has 2 heterocycles. The Bertz CT molecular complexity index is 728. The summed E-state index contributed by atoms with van der Waals surface area (Å²) < 4.78 is 10.1. The highest BCUT2D eigenvalue weighted by Crippen LogP contribution is 2.24. The van der Waals surface area contributed by atoms with Gasteiger partial charge in [-0.1, -0.05) is 5.16 Å². The molecule has 1 saturated heterocycles. The SMILES string of the molecule is COc1ccc(C(=O)C2CCN(C(=O)c3cc(C)on3)CC2)cc1. The van der Waals surface area contributed by atoms with Gasteiger partial charge in [-0.25, -0.2) is 0 Å². The van der Waals surface area contributed by atoms with Gasteiger partial charge >= 0.3 is 0 Å². The van der Waals surface area contributed by atoms with E-state index < -0.39 is 0 Å². The van der Waals surface area contributed by atoms with Crippen molar-refractivity contribution in [1.29, 1.82) is 0 Å². The fourth-order valence-corrected chi connectivity index (χ4v) is 2.96. The van der Waals surface area contributed by atoms with Crippen LogP contribution in [-0.4, -0.2) is 41.9 Å². The van der Waals surface area contributed by atoms with E-state index in [0.717, 1.165) is 5.75 Å². The number of hydrogen-bond donors (Lipinski definition) is 0. The Labute approximate surface area is 140 Å². The van der Waals surface area contributed by atoms with E-state index in [-0.39, 0.29) is 17.6 Å². The predicted molar refractivity (Wildman–Crippen MR) is 87.2 cm³/mol. The predicted octanol–water partition coefficient (Wildman–Crippen LogP) is 2.73. The summed E-state index contributed by atoms with van der Waals surface area (Å²) in [5.74, 6) is 1.28. The number of aromatic nitrogens is 1. The van der Waals surface area contributed by atoms with Crippen LogP contribution in [0.1, 0.15) is 39.4 Å². The summed E-state index contributed by atoms with van der Waals surface area (Å²) in [6.07, 6.45) is 1.32. The Hall–Kier alpha value is -2.63. The fraction of sp³-hybridized carbons (Fsp3) is 0.389. The van der Waals surface area contributed by atoms with Gasteiger partial charge in [0, 0.05) is 30.6 Å². The van der Waals surface area contributed by atoms with Crippen LogP contribution in [0, 0.1) is 12.8 Å². The molecule has 0 bridgehead atoms. The number of rotatable bonds is 4. The maximum absolute atomic E-state index is 12.6. The number of piperidine rings is 1. The molecule has 0 unspecified atom stereocenters. The lowest BCUT2D eigenvalue weighted by atomic mass is 9.89. The fourth-order valence-electron chi connectivity index (χ4n) is 2.96. The third-order valence-electron chi connectivity index (χ3n) is 4.37. The quantitative estimate of drug-likeness (QED) is 0.807. The molecule has 0 atom stereocenters. The third-order valence-corrected chi connectivity index (χ3v) is 4.37. The molecule has 24 heavy (non-hydrogen) atoms. The minimum Gasteiger partial charge on any atom is -0.497 e. The smallest absolute Gasteiger partial charge is 0.276 e. The average Bonchev–Trinajstić information content (AvgIpc) is 3.07. The zero-order valence-corrected chi connectivity index (χ0v) is 13.8. The largest absolute Gasteiger partial charge is 0.497 e. The van der Waals surface area contributed by atoms with Gasteiger partial charge in [0.25, 0.3) is 5.91 Å². The molecular formula is C18H20N2O4. The number of nitrogens with zero attached hydrogens (tertiary/aromatic N) is 2. The summed E-state index contributed by atoms with van der Waals surface area (Å²) in [6, 6.07) is 8.79. The van der Waals surface area contributed by atoms with E-state index in [0.29, 0.717) is 42.9 Å². The third kappa shape index (κ3) is 3.32. The van der Waals surface area contributed by atoms with E-state index in [1.807, 2.05) is 0 Å². The van der Waals surface area contributed by atoms with Crippen molar-refractivity contribution in [3.05, 3.63) is 47.3 Å². The zero-order chi connectivity index (χ0) is 17.1. The Morgan fingerprint density at radius 2 is 1.88 bits per heavy atom. The van der Waals surface area contributed by atoms with Crippen LogP contribution in [0.15, 0.2) is 34.9 Å².